The molecule has 1 aromatic heterocycles. The Morgan fingerprint density at radius 2 is 1.86 bits per heavy atom. The molecule has 6 rings (SSSR count). The molecule has 2 N–H and O–H groups in total. The average molecular weight is 399 g/mol. The van der Waals surface area contributed by atoms with Gasteiger partial charge in [0.2, 0.25) is 0 Å². The van der Waals surface area contributed by atoms with Crippen LogP contribution in [-0.2, 0) is 4.74 Å². The first-order valence-electron chi connectivity index (χ1n) is 11.7. The Labute approximate surface area is 173 Å². The van der Waals surface area contributed by atoms with Crippen LogP contribution in [0.4, 0.5) is 5.82 Å². The lowest BCUT2D eigenvalue weighted by Crippen LogP contribution is -2.47. The summed E-state index contributed by atoms with van der Waals surface area (Å²) in [5.74, 6) is 1.62. The second kappa shape index (κ2) is 7.15. The number of hydrogen-bond donors (Lipinski definition) is 2. The Hall–Kier alpha value is -1.28. The molecule has 0 amide bonds. The number of aromatic nitrogens is 2. The van der Waals surface area contributed by atoms with Gasteiger partial charge in [-0.25, -0.2) is 15.4 Å². The van der Waals surface area contributed by atoms with Crippen molar-refractivity contribution in [1.29, 1.82) is 0 Å². The van der Waals surface area contributed by atoms with Crippen molar-refractivity contribution < 1.29 is 4.74 Å². The summed E-state index contributed by atoms with van der Waals surface area (Å²) in [6.45, 7) is 6.74. The topological polar surface area (TPSA) is 65.6 Å². The van der Waals surface area contributed by atoms with Gasteiger partial charge < -0.3 is 9.64 Å². The molecule has 4 atom stereocenters. The van der Waals surface area contributed by atoms with Crippen molar-refractivity contribution in [3.63, 3.8) is 0 Å². The van der Waals surface area contributed by atoms with Crippen molar-refractivity contribution in [2.45, 2.75) is 81.7 Å². The van der Waals surface area contributed by atoms with E-state index in [4.69, 9.17) is 4.74 Å². The minimum atomic E-state index is 0.164. The number of nitrogens with zero attached hydrogens (tertiary/aromatic N) is 4. The van der Waals surface area contributed by atoms with E-state index in [-0.39, 0.29) is 11.6 Å². The van der Waals surface area contributed by atoms with Crippen LogP contribution in [0.25, 0.3) is 0 Å². The fraction of sp³-hybridized carbons (Fsp3) is 0.818. The molecular weight excluding hydrogens is 364 g/mol. The van der Waals surface area contributed by atoms with Crippen molar-refractivity contribution in [2.75, 3.05) is 31.1 Å². The molecule has 3 aliphatic carbocycles. The van der Waals surface area contributed by atoms with Crippen molar-refractivity contribution in [2.24, 2.45) is 5.92 Å². The zero-order valence-corrected chi connectivity index (χ0v) is 17.5. The summed E-state index contributed by atoms with van der Waals surface area (Å²) in [5.41, 5.74) is 8.38. The first kappa shape index (κ1) is 18.5. The molecule has 7 heteroatoms. The van der Waals surface area contributed by atoms with Gasteiger partial charge in [0.25, 0.3) is 0 Å². The van der Waals surface area contributed by atoms with Gasteiger partial charge in [0, 0.05) is 50.2 Å². The first-order chi connectivity index (χ1) is 14.2. The third-order valence-corrected chi connectivity index (χ3v) is 7.80. The second-order valence-corrected chi connectivity index (χ2v) is 10.1. The molecule has 5 aliphatic rings. The van der Waals surface area contributed by atoms with Gasteiger partial charge in [0.05, 0.1) is 23.4 Å². The molecule has 2 aliphatic heterocycles. The quantitative estimate of drug-likeness (QED) is 0.787. The Kier molecular flexibility index (Phi) is 4.56. The lowest BCUT2D eigenvalue weighted by Gasteiger charge is -2.36. The van der Waals surface area contributed by atoms with E-state index < -0.39 is 0 Å². The Morgan fingerprint density at radius 3 is 2.62 bits per heavy atom. The number of hydrogen-bond acceptors (Lipinski definition) is 7. The second-order valence-electron chi connectivity index (χ2n) is 10.1. The van der Waals surface area contributed by atoms with Crippen LogP contribution in [-0.4, -0.2) is 64.8 Å². The third kappa shape index (κ3) is 3.78. The van der Waals surface area contributed by atoms with E-state index in [0.29, 0.717) is 18.1 Å². The van der Waals surface area contributed by atoms with Crippen LogP contribution in [0.15, 0.2) is 12.4 Å². The predicted molar refractivity (Wildman–Crippen MR) is 111 cm³/mol. The van der Waals surface area contributed by atoms with E-state index in [0.717, 1.165) is 50.2 Å². The smallest absolute Gasteiger partial charge is 0.132 e. The molecule has 4 unspecified atom stereocenters. The highest BCUT2D eigenvalue weighted by Gasteiger charge is 2.46. The lowest BCUT2D eigenvalue weighted by atomic mass is 9.79. The SMILES string of the molecule is CC1(OC2CCC3NNC(c4cc(N5CCN(C6CC6)CC5)ncn4)C3C2)CC1. The lowest BCUT2D eigenvalue weighted by molar-refractivity contribution is -0.0500. The number of piperazine rings is 1. The van der Waals surface area contributed by atoms with Gasteiger partial charge in [-0.1, -0.05) is 0 Å². The minimum absolute atomic E-state index is 0.164. The first-order valence-corrected chi connectivity index (χ1v) is 11.7. The van der Waals surface area contributed by atoms with Gasteiger partial charge >= 0.3 is 0 Å². The zero-order chi connectivity index (χ0) is 19.4. The van der Waals surface area contributed by atoms with Gasteiger partial charge in [-0.05, 0) is 51.9 Å². The summed E-state index contributed by atoms with van der Waals surface area (Å²) in [4.78, 5) is 14.4. The highest BCUT2D eigenvalue weighted by molar-refractivity contribution is 5.40. The van der Waals surface area contributed by atoms with Crippen molar-refractivity contribution in [1.82, 2.24) is 25.7 Å². The summed E-state index contributed by atoms with van der Waals surface area (Å²) in [7, 11) is 0. The minimum Gasteiger partial charge on any atom is -0.372 e. The number of anilines is 1. The number of rotatable bonds is 5. The van der Waals surface area contributed by atoms with Crippen LogP contribution in [0.3, 0.4) is 0 Å². The maximum atomic E-state index is 6.43. The molecule has 1 aromatic rings. The summed E-state index contributed by atoms with van der Waals surface area (Å²) in [6, 6.07) is 3.85. The van der Waals surface area contributed by atoms with Gasteiger partial charge in [0.15, 0.2) is 0 Å². The summed E-state index contributed by atoms with van der Waals surface area (Å²) < 4.78 is 6.43. The molecule has 7 nitrogen and oxygen atoms in total. The number of ether oxygens (including phenoxy) is 1. The highest BCUT2D eigenvalue weighted by Crippen LogP contribution is 2.45. The monoisotopic (exact) mass is 398 g/mol. The number of nitrogens with one attached hydrogen (secondary N) is 2. The van der Waals surface area contributed by atoms with E-state index in [9.17, 15) is 0 Å². The highest BCUT2D eigenvalue weighted by atomic mass is 16.5. The van der Waals surface area contributed by atoms with Crippen LogP contribution < -0.4 is 15.8 Å². The summed E-state index contributed by atoms with van der Waals surface area (Å²) >= 11 is 0. The molecule has 158 valence electrons. The zero-order valence-electron chi connectivity index (χ0n) is 17.5. The molecule has 0 aromatic carbocycles. The fourth-order valence-electron chi connectivity index (χ4n) is 5.57. The normalized spacial score (nSPS) is 36.8. The standard InChI is InChI=1S/C22H34N6O/c1-22(6-7-22)29-16-4-5-18-17(12-16)21(26-25-18)19-13-20(24-14-23-19)28-10-8-27(9-11-28)15-2-3-15/h13-18,21,25-26H,2-12H2,1H3. The van der Waals surface area contributed by atoms with Crippen LogP contribution in [0, 0.1) is 5.92 Å². The van der Waals surface area contributed by atoms with E-state index in [1.165, 1.54) is 38.5 Å². The molecule has 0 bridgehead atoms. The average Bonchev–Trinajstić information content (AvgIpc) is 3.67. The van der Waals surface area contributed by atoms with Crippen LogP contribution in [0.1, 0.15) is 63.6 Å². The Bertz CT molecular complexity index is 743. The van der Waals surface area contributed by atoms with Crippen molar-refractivity contribution in [3.05, 3.63) is 18.1 Å². The maximum Gasteiger partial charge on any atom is 0.132 e. The van der Waals surface area contributed by atoms with E-state index in [1.807, 2.05) is 0 Å². The van der Waals surface area contributed by atoms with Crippen LogP contribution in [0.5, 0.6) is 0 Å². The van der Waals surface area contributed by atoms with E-state index in [1.54, 1.807) is 6.33 Å². The molecule has 2 saturated heterocycles. The fourth-order valence-corrected chi connectivity index (χ4v) is 5.57. The number of hydrazine groups is 1. The Balaban J connectivity index is 1.14. The molecule has 29 heavy (non-hydrogen) atoms. The Morgan fingerprint density at radius 1 is 1.03 bits per heavy atom. The predicted octanol–water partition coefficient (Wildman–Crippen LogP) is 2.02. The van der Waals surface area contributed by atoms with Crippen LogP contribution in [0.2, 0.25) is 0 Å². The summed E-state index contributed by atoms with van der Waals surface area (Å²) in [6.07, 6.45) is 10.8. The van der Waals surface area contributed by atoms with Crippen molar-refractivity contribution >= 4 is 5.82 Å². The van der Waals surface area contributed by atoms with E-state index >= 15 is 0 Å². The molecule has 0 spiro atoms. The largest absolute Gasteiger partial charge is 0.372 e. The van der Waals surface area contributed by atoms with Gasteiger partial charge in [0.1, 0.15) is 12.1 Å². The van der Waals surface area contributed by atoms with Crippen molar-refractivity contribution in [3.8, 4) is 0 Å². The number of fused-ring (bicyclic) bond motifs is 1. The summed E-state index contributed by atoms with van der Waals surface area (Å²) in [5, 5.41) is 0. The van der Waals surface area contributed by atoms with Gasteiger partial charge in [-0.2, -0.15) is 0 Å². The molecular formula is C22H34N6O. The maximum absolute atomic E-state index is 6.43. The molecule has 3 heterocycles. The third-order valence-electron chi connectivity index (χ3n) is 7.80. The molecule has 5 fully saturated rings. The van der Waals surface area contributed by atoms with Crippen LogP contribution >= 0.6 is 0 Å². The molecule has 3 saturated carbocycles. The van der Waals surface area contributed by atoms with E-state index in [2.05, 4.69) is 43.6 Å². The van der Waals surface area contributed by atoms with Gasteiger partial charge in [-0.15, -0.1) is 0 Å². The van der Waals surface area contributed by atoms with Gasteiger partial charge in [-0.3, -0.25) is 10.3 Å². The molecule has 0 radical (unpaired) electrons.